The quantitative estimate of drug-likeness (QED) is 0.801. The van der Waals surface area contributed by atoms with Gasteiger partial charge in [-0.15, -0.1) is 0 Å². The summed E-state index contributed by atoms with van der Waals surface area (Å²) in [5, 5.41) is 7.97. The summed E-state index contributed by atoms with van der Waals surface area (Å²) < 4.78 is 7.02. The Morgan fingerprint density at radius 3 is 2.86 bits per heavy atom. The summed E-state index contributed by atoms with van der Waals surface area (Å²) in [4.78, 5) is 16.5. The van der Waals surface area contributed by atoms with Crippen LogP contribution in [0.15, 0.2) is 35.2 Å². The van der Waals surface area contributed by atoms with Crippen molar-refractivity contribution in [2.24, 2.45) is 0 Å². The Morgan fingerprint density at radius 1 is 1.38 bits per heavy atom. The number of pyridine rings is 1. The summed E-state index contributed by atoms with van der Waals surface area (Å²) in [6.07, 6.45) is 4.87. The molecule has 0 saturated carbocycles. The zero-order valence-corrected chi connectivity index (χ0v) is 12.1. The van der Waals surface area contributed by atoms with Crippen LogP contribution >= 0.6 is 0 Å². The van der Waals surface area contributed by atoms with Gasteiger partial charge in [-0.1, -0.05) is 0 Å². The molecule has 0 aromatic carbocycles. The number of anilines is 1. The summed E-state index contributed by atoms with van der Waals surface area (Å²) in [6, 6.07) is 3.84. The van der Waals surface area contributed by atoms with Gasteiger partial charge in [0, 0.05) is 17.0 Å². The van der Waals surface area contributed by atoms with Crippen molar-refractivity contribution >= 4 is 22.6 Å². The first-order chi connectivity index (χ1) is 10.1. The third-order valence-corrected chi connectivity index (χ3v) is 3.25. The molecule has 3 aromatic heterocycles. The van der Waals surface area contributed by atoms with E-state index in [0.717, 1.165) is 16.6 Å². The van der Waals surface area contributed by atoms with E-state index in [9.17, 15) is 4.79 Å². The molecule has 108 valence electrons. The second-order valence-corrected chi connectivity index (χ2v) is 5.21. The first-order valence-corrected chi connectivity index (χ1v) is 6.75. The van der Waals surface area contributed by atoms with Crippen molar-refractivity contribution in [2.75, 3.05) is 5.32 Å². The van der Waals surface area contributed by atoms with Gasteiger partial charge in [0.2, 0.25) is 0 Å². The second kappa shape index (κ2) is 5.05. The van der Waals surface area contributed by atoms with Gasteiger partial charge in [0.25, 0.3) is 5.91 Å². The standard InChI is InChI=1S/C15H16N4O2/c1-9(2)19-14-11(7-17-19)6-12(8-16-14)18-15(20)13-10(3)4-5-21-13/h4-9H,1-3H3,(H,18,20). The first-order valence-electron chi connectivity index (χ1n) is 6.75. The predicted molar refractivity (Wildman–Crippen MR) is 79.3 cm³/mol. The minimum absolute atomic E-state index is 0.237. The molecule has 0 unspecified atom stereocenters. The fourth-order valence-electron chi connectivity index (χ4n) is 2.18. The van der Waals surface area contributed by atoms with Crippen LogP contribution < -0.4 is 5.32 Å². The number of nitrogens with one attached hydrogen (secondary N) is 1. The Hall–Kier alpha value is -2.63. The molecule has 0 aliphatic heterocycles. The Balaban J connectivity index is 1.88. The molecule has 1 N–H and O–H groups in total. The average molecular weight is 284 g/mol. The minimum Gasteiger partial charge on any atom is -0.459 e. The SMILES string of the molecule is Cc1ccoc1C(=O)Nc1cnc2c(cnn2C(C)C)c1. The molecule has 0 aliphatic rings. The van der Waals surface area contributed by atoms with E-state index < -0.39 is 0 Å². The summed E-state index contributed by atoms with van der Waals surface area (Å²) in [5.74, 6) is 0.0304. The Morgan fingerprint density at radius 2 is 2.19 bits per heavy atom. The van der Waals surface area contributed by atoms with E-state index >= 15 is 0 Å². The highest BCUT2D eigenvalue weighted by molar-refractivity contribution is 6.03. The van der Waals surface area contributed by atoms with Crippen molar-refractivity contribution in [2.45, 2.75) is 26.8 Å². The van der Waals surface area contributed by atoms with Crippen molar-refractivity contribution in [1.29, 1.82) is 0 Å². The zero-order chi connectivity index (χ0) is 15.0. The van der Waals surface area contributed by atoms with Crippen molar-refractivity contribution < 1.29 is 9.21 Å². The molecule has 0 radical (unpaired) electrons. The summed E-state index contributed by atoms with van der Waals surface area (Å²) in [5.41, 5.74) is 2.22. The Kier molecular flexibility index (Phi) is 3.21. The molecule has 0 saturated heterocycles. The number of nitrogens with zero attached hydrogens (tertiary/aromatic N) is 3. The molecule has 6 heteroatoms. The Labute approximate surface area is 121 Å². The number of aromatic nitrogens is 3. The number of hydrogen-bond donors (Lipinski definition) is 1. The van der Waals surface area contributed by atoms with E-state index in [1.807, 2.05) is 31.5 Å². The maximum absolute atomic E-state index is 12.1. The van der Waals surface area contributed by atoms with Gasteiger partial charge >= 0.3 is 0 Å². The van der Waals surface area contributed by atoms with E-state index in [1.165, 1.54) is 6.26 Å². The van der Waals surface area contributed by atoms with Gasteiger partial charge < -0.3 is 9.73 Å². The first kappa shape index (κ1) is 13.4. The molecule has 21 heavy (non-hydrogen) atoms. The number of carbonyl (C=O) groups is 1. The van der Waals surface area contributed by atoms with Gasteiger partial charge in [-0.25, -0.2) is 9.67 Å². The maximum atomic E-state index is 12.1. The Bertz CT molecular complexity index is 801. The van der Waals surface area contributed by atoms with Crippen molar-refractivity contribution in [3.8, 4) is 0 Å². The summed E-state index contributed by atoms with van der Waals surface area (Å²) in [7, 11) is 0. The molecular weight excluding hydrogens is 268 g/mol. The van der Waals surface area contributed by atoms with E-state index in [1.54, 1.807) is 18.5 Å². The molecule has 1 amide bonds. The molecule has 0 spiro atoms. The highest BCUT2D eigenvalue weighted by Gasteiger charge is 2.14. The monoisotopic (exact) mass is 284 g/mol. The molecule has 3 rings (SSSR count). The van der Waals surface area contributed by atoms with Gasteiger partial charge in [-0.3, -0.25) is 4.79 Å². The highest BCUT2D eigenvalue weighted by atomic mass is 16.3. The van der Waals surface area contributed by atoms with Crippen LogP contribution in [-0.2, 0) is 0 Å². The van der Waals surface area contributed by atoms with Gasteiger partial charge in [0.1, 0.15) is 0 Å². The summed E-state index contributed by atoms with van der Waals surface area (Å²) in [6.45, 7) is 5.92. The number of fused-ring (bicyclic) bond motifs is 1. The van der Waals surface area contributed by atoms with Gasteiger partial charge in [-0.2, -0.15) is 5.10 Å². The number of carbonyl (C=O) groups excluding carboxylic acids is 1. The summed E-state index contributed by atoms with van der Waals surface area (Å²) >= 11 is 0. The average Bonchev–Trinajstić information content (AvgIpc) is 3.04. The van der Waals surface area contributed by atoms with Crippen molar-refractivity contribution in [1.82, 2.24) is 14.8 Å². The van der Waals surface area contributed by atoms with Gasteiger partial charge in [-0.05, 0) is 32.9 Å². The molecule has 3 heterocycles. The van der Waals surface area contributed by atoms with Crippen LogP contribution in [-0.4, -0.2) is 20.7 Å². The smallest absolute Gasteiger partial charge is 0.291 e. The van der Waals surface area contributed by atoms with E-state index in [0.29, 0.717) is 11.4 Å². The largest absolute Gasteiger partial charge is 0.459 e. The molecule has 0 bridgehead atoms. The normalized spacial score (nSPS) is 11.2. The number of aryl methyl sites for hydroxylation is 1. The molecule has 3 aromatic rings. The van der Waals surface area contributed by atoms with Crippen LogP contribution in [0, 0.1) is 6.92 Å². The lowest BCUT2D eigenvalue weighted by molar-refractivity contribution is 0.0996. The van der Waals surface area contributed by atoms with Gasteiger partial charge in [0.05, 0.1) is 24.3 Å². The predicted octanol–water partition coefficient (Wildman–Crippen LogP) is 3.17. The lowest BCUT2D eigenvalue weighted by atomic mass is 10.2. The number of rotatable bonds is 3. The molecular formula is C15H16N4O2. The molecule has 6 nitrogen and oxygen atoms in total. The van der Waals surface area contributed by atoms with Gasteiger partial charge in [0.15, 0.2) is 11.4 Å². The third-order valence-electron chi connectivity index (χ3n) is 3.25. The topological polar surface area (TPSA) is 73.0 Å². The van der Waals surface area contributed by atoms with Crippen molar-refractivity contribution in [3.05, 3.63) is 42.1 Å². The number of furan rings is 1. The second-order valence-electron chi connectivity index (χ2n) is 5.21. The van der Waals surface area contributed by atoms with Crippen molar-refractivity contribution in [3.63, 3.8) is 0 Å². The van der Waals surface area contributed by atoms with Crippen LogP contribution in [0.5, 0.6) is 0 Å². The van der Waals surface area contributed by atoms with Crippen LogP contribution in [0.4, 0.5) is 5.69 Å². The highest BCUT2D eigenvalue weighted by Crippen LogP contribution is 2.20. The van der Waals surface area contributed by atoms with Crippen LogP contribution in [0.1, 0.15) is 36.0 Å². The number of amides is 1. The molecule has 0 atom stereocenters. The maximum Gasteiger partial charge on any atom is 0.291 e. The lowest BCUT2D eigenvalue weighted by Crippen LogP contribution is -2.12. The molecule has 0 fully saturated rings. The number of hydrogen-bond acceptors (Lipinski definition) is 4. The molecule has 0 aliphatic carbocycles. The van der Waals surface area contributed by atoms with E-state index in [2.05, 4.69) is 15.4 Å². The van der Waals surface area contributed by atoms with Crippen LogP contribution in [0.2, 0.25) is 0 Å². The van der Waals surface area contributed by atoms with Crippen LogP contribution in [0.3, 0.4) is 0 Å². The van der Waals surface area contributed by atoms with Crippen LogP contribution in [0.25, 0.3) is 11.0 Å². The van der Waals surface area contributed by atoms with E-state index in [-0.39, 0.29) is 11.9 Å². The fourth-order valence-corrected chi connectivity index (χ4v) is 2.18. The van der Waals surface area contributed by atoms with E-state index in [4.69, 9.17) is 4.42 Å². The third kappa shape index (κ3) is 2.40. The minimum atomic E-state index is -0.282. The lowest BCUT2D eigenvalue weighted by Gasteiger charge is -2.07. The zero-order valence-electron chi connectivity index (χ0n) is 12.1. The fraction of sp³-hybridized carbons (Fsp3) is 0.267.